The standard InChI is InChI=1S/C17H12O7S2/c1-8-6-14(25(19,20)21)11-4-5-12-15(26(22,23)24)7-13(18)10-3-2-9(8)16(11)17(10)12/h2-7,18H,1H3,(H,19,20,21)(H,22,23,24). The van der Waals surface area contributed by atoms with Crippen LogP contribution in [0.15, 0.2) is 46.2 Å². The molecule has 26 heavy (non-hydrogen) atoms. The predicted molar refractivity (Wildman–Crippen MR) is 96.2 cm³/mol. The molecule has 4 rings (SSSR count). The molecule has 0 bridgehead atoms. The van der Waals surface area contributed by atoms with Gasteiger partial charge >= 0.3 is 0 Å². The van der Waals surface area contributed by atoms with Crippen LogP contribution in [0.5, 0.6) is 5.75 Å². The number of hydrogen-bond donors (Lipinski definition) is 3. The van der Waals surface area contributed by atoms with E-state index in [9.17, 15) is 31.0 Å². The first-order valence-electron chi connectivity index (χ1n) is 7.39. The van der Waals surface area contributed by atoms with Crippen molar-refractivity contribution in [3.63, 3.8) is 0 Å². The van der Waals surface area contributed by atoms with Crippen LogP contribution in [-0.2, 0) is 20.2 Å². The van der Waals surface area contributed by atoms with Crippen molar-refractivity contribution >= 4 is 52.6 Å². The van der Waals surface area contributed by atoms with Gasteiger partial charge in [-0.05, 0) is 35.4 Å². The molecular formula is C17H12O7S2. The lowest BCUT2D eigenvalue weighted by Crippen LogP contribution is -2.03. The maximum atomic E-state index is 11.8. The van der Waals surface area contributed by atoms with Crippen LogP contribution in [0.3, 0.4) is 0 Å². The molecule has 3 N–H and O–H groups in total. The van der Waals surface area contributed by atoms with Gasteiger partial charge in [-0.2, -0.15) is 16.8 Å². The van der Waals surface area contributed by atoms with Crippen molar-refractivity contribution in [1.82, 2.24) is 0 Å². The van der Waals surface area contributed by atoms with Crippen molar-refractivity contribution < 1.29 is 31.0 Å². The average Bonchev–Trinajstić information content (AvgIpc) is 2.53. The number of hydrogen-bond acceptors (Lipinski definition) is 5. The summed E-state index contributed by atoms with van der Waals surface area (Å²) in [6, 6.07) is 8.27. The molecular weight excluding hydrogens is 380 g/mol. The molecule has 134 valence electrons. The van der Waals surface area contributed by atoms with Crippen molar-refractivity contribution in [3.05, 3.63) is 42.0 Å². The molecule has 0 aliphatic heterocycles. The van der Waals surface area contributed by atoms with Crippen molar-refractivity contribution in [2.24, 2.45) is 0 Å². The van der Waals surface area contributed by atoms with Crippen LogP contribution >= 0.6 is 0 Å². The molecule has 0 atom stereocenters. The van der Waals surface area contributed by atoms with E-state index in [1.165, 1.54) is 18.2 Å². The van der Waals surface area contributed by atoms with Gasteiger partial charge in [0.05, 0.1) is 0 Å². The van der Waals surface area contributed by atoms with Gasteiger partial charge < -0.3 is 5.11 Å². The molecule has 4 aromatic carbocycles. The zero-order valence-electron chi connectivity index (χ0n) is 13.3. The molecule has 0 saturated carbocycles. The summed E-state index contributed by atoms with van der Waals surface area (Å²) in [5.74, 6) is -0.366. The zero-order valence-corrected chi connectivity index (χ0v) is 14.9. The third kappa shape index (κ3) is 2.25. The Balaban J connectivity index is 2.42. The highest BCUT2D eigenvalue weighted by atomic mass is 32.2. The van der Waals surface area contributed by atoms with Gasteiger partial charge in [-0.25, -0.2) is 0 Å². The number of phenolic OH excluding ortho intramolecular Hbond substituents is 1. The first kappa shape index (κ1) is 17.0. The summed E-state index contributed by atoms with van der Waals surface area (Å²) in [5.41, 5.74) is 0.552. The fourth-order valence-electron chi connectivity index (χ4n) is 3.51. The molecule has 0 saturated heterocycles. The summed E-state index contributed by atoms with van der Waals surface area (Å²) in [6.07, 6.45) is 0. The minimum absolute atomic E-state index is 0.144. The fourth-order valence-corrected chi connectivity index (χ4v) is 4.99. The van der Waals surface area contributed by atoms with Crippen LogP contribution in [0.2, 0.25) is 0 Å². The predicted octanol–water partition coefficient (Wildman–Crippen LogP) is 3.09. The van der Waals surface area contributed by atoms with E-state index in [0.29, 0.717) is 27.1 Å². The monoisotopic (exact) mass is 392 g/mol. The van der Waals surface area contributed by atoms with E-state index in [2.05, 4.69) is 0 Å². The summed E-state index contributed by atoms with van der Waals surface area (Å²) in [4.78, 5) is -0.791. The van der Waals surface area contributed by atoms with Crippen LogP contribution in [-0.4, -0.2) is 31.0 Å². The maximum Gasteiger partial charge on any atom is 0.295 e. The number of phenols is 1. The number of rotatable bonds is 2. The Morgan fingerprint density at radius 3 is 1.65 bits per heavy atom. The molecule has 4 aromatic rings. The smallest absolute Gasteiger partial charge is 0.295 e. The molecule has 0 aromatic heterocycles. The minimum atomic E-state index is -4.63. The zero-order chi connectivity index (χ0) is 19.0. The summed E-state index contributed by atoms with van der Waals surface area (Å²) in [6.45, 7) is 1.66. The van der Waals surface area contributed by atoms with E-state index in [0.717, 1.165) is 6.07 Å². The van der Waals surface area contributed by atoms with Gasteiger partial charge in [-0.3, -0.25) is 9.11 Å². The molecule has 0 spiro atoms. The van der Waals surface area contributed by atoms with Crippen molar-refractivity contribution in [3.8, 4) is 5.75 Å². The fraction of sp³-hybridized carbons (Fsp3) is 0.0588. The average molecular weight is 392 g/mol. The summed E-state index contributed by atoms with van der Waals surface area (Å²) in [7, 11) is -9.16. The lowest BCUT2D eigenvalue weighted by molar-refractivity contribution is 0.471. The van der Waals surface area contributed by atoms with Crippen LogP contribution in [0.25, 0.3) is 32.3 Å². The number of aromatic hydroxyl groups is 1. The topological polar surface area (TPSA) is 129 Å². The SMILES string of the molecule is Cc1cc(S(=O)(=O)O)c2ccc3c(S(=O)(=O)O)cc(O)c4ccc1c2c43. The number of aryl methyl sites for hydroxylation is 1. The Bertz CT molecular complexity index is 1320. The van der Waals surface area contributed by atoms with Crippen LogP contribution < -0.4 is 0 Å². The maximum absolute atomic E-state index is 11.8. The Kier molecular flexibility index (Phi) is 3.29. The molecule has 0 fully saturated rings. The highest BCUT2D eigenvalue weighted by molar-refractivity contribution is 7.86. The number of benzene rings is 4. The van der Waals surface area contributed by atoms with E-state index in [1.54, 1.807) is 19.1 Å². The Hall–Kier alpha value is -2.46. The van der Waals surface area contributed by atoms with Crippen molar-refractivity contribution in [1.29, 1.82) is 0 Å². The quantitative estimate of drug-likeness (QED) is 0.353. The van der Waals surface area contributed by atoms with Crippen LogP contribution in [0.4, 0.5) is 0 Å². The molecule has 0 aliphatic rings. The second-order valence-electron chi connectivity index (χ2n) is 6.11. The molecule has 0 heterocycles. The van der Waals surface area contributed by atoms with E-state index < -0.39 is 25.1 Å². The normalized spacial score (nSPS) is 13.2. The van der Waals surface area contributed by atoms with E-state index in [1.807, 2.05) is 0 Å². The largest absolute Gasteiger partial charge is 0.507 e. The van der Waals surface area contributed by atoms with E-state index >= 15 is 0 Å². The molecule has 7 nitrogen and oxygen atoms in total. The molecule has 9 heteroatoms. The van der Waals surface area contributed by atoms with Gasteiger partial charge in [0, 0.05) is 27.6 Å². The third-order valence-corrected chi connectivity index (χ3v) is 6.35. The Morgan fingerprint density at radius 1 is 0.692 bits per heavy atom. The first-order valence-corrected chi connectivity index (χ1v) is 10.3. The van der Waals surface area contributed by atoms with Crippen molar-refractivity contribution in [2.45, 2.75) is 16.7 Å². The van der Waals surface area contributed by atoms with Gasteiger partial charge in [0.2, 0.25) is 0 Å². The molecule has 0 unspecified atom stereocenters. The molecule has 0 radical (unpaired) electrons. The second-order valence-corrected chi connectivity index (χ2v) is 8.89. The molecule has 0 aliphatic carbocycles. The van der Waals surface area contributed by atoms with Gasteiger partial charge in [0.1, 0.15) is 15.5 Å². The first-order chi connectivity index (χ1) is 12.0. The van der Waals surface area contributed by atoms with Gasteiger partial charge in [-0.15, -0.1) is 0 Å². The van der Waals surface area contributed by atoms with E-state index in [-0.39, 0.29) is 21.4 Å². The van der Waals surface area contributed by atoms with Crippen molar-refractivity contribution in [2.75, 3.05) is 0 Å². The summed E-state index contributed by atoms with van der Waals surface area (Å²) < 4.78 is 66.1. The minimum Gasteiger partial charge on any atom is -0.507 e. The van der Waals surface area contributed by atoms with E-state index in [4.69, 9.17) is 0 Å². The summed E-state index contributed by atoms with van der Waals surface area (Å²) >= 11 is 0. The third-order valence-electron chi connectivity index (χ3n) is 4.56. The highest BCUT2D eigenvalue weighted by Gasteiger charge is 2.24. The molecule has 0 amide bonds. The van der Waals surface area contributed by atoms with Crippen LogP contribution in [0, 0.1) is 6.92 Å². The van der Waals surface area contributed by atoms with Crippen LogP contribution in [0.1, 0.15) is 5.56 Å². The lowest BCUT2D eigenvalue weighted by Gasteiger charge is -2.16. The second kappa shape index (κ2) is 5.04. The Labute approximate surface area is 148 Å². The highest BCUT2D eigenvalue weighted by Crippen LogP contribution is 2.43. The lowest BCUT2D eigenvalue weighted by atomic mass is 9.92. The van der Waals surface area contributed by atoms with Gasteiger partial charge in [0.15, 0.2) is 0 Å². The van der Waals surface area contributed by atoms with Gasteiger partial charge in [0.25, 0.3) is 20.2 Å². The van der Waals surface area contributed by atoms with Gasteiger partial charge in [-0.1, -0.05) is 18.2 Å². The Morgan fingerprint density at radius 2 is 1.12 bits per heavy atom. The summed E-state index contributed by atoms with van der Waals surface area (Å²) in [5, 5.41) is 12.2.